The van der Waals surface area contributed by atoms with Crippen LogP contribution in [0.3, 0.4) is 0 Å². The lowest BCUT2D eigenvalue weighted by Crippen LogP contribution is -2.31. The van der Waals surface area contributed by atoms with Crippen LogP contribution in [-0.4, -0.2) is 22.8 Å². The summed E-state index contributed by atoms with van der Waals surface area (Å²) in [6.07, 6.45) is 6.84. The minimum Gasteiger partial charge on any atom is -0.352 e. The first-order valence-corrected chi connectivity index (χ1v) is 8.94. The van der Waals surface area contributed by atoms with Crippen molar-refractivity contribution >= 4 is 17.5 Å². The number of aromatic nitrogens is 1. The van der Waals surface area contributed by atoms with Crippen molar-refractivity contribution in [1.29, 1.82) is 0 Å². The molecule has 1 aromatic carbocycles. The quantitative estimate of drug-likeness (QED) is 0.744. The number of carbonyl (C=O) groups is 2. The molecule has 0 bridgehead atoms. The van der Waals surface area contributed by atoms with Crippen LogP contribution in [0, 0.1) is 5.92 Å². The normalized spacial score (nSPS) is 19.1. The Morgan fingerprint density at radius 1 is 1.08 bits per heavy atom. The summed E-state index contributed by atoms with van der Waals surface area (Å²) in [7, 11) is 0. The summed E-state index contributed by atoms with van der Waals surface area (Å²) < 4.78 is 0. The minimum atomic E-state index is -0.179. The molecular weight excluding hydrogens is 328 g/mol. The molecule has 2 amide bonds. The Hall–Kier alpha value is -2.73. The number of nitrogens with two attached hydrogens (primary N) is 1. The summed E-state index contributed by atoms with van der Waals surface area (Å²) in [5.41, 5.74) is 8.26. The van der Waals surface area contributed by atoms with Gasteiger partial charge in [-0.2, -0.15) is 0 Å². The molecule has 0 spiro atoms. The number of rotatable bonds is 6. The van der Waals surface area contributed by atoms with Gasteiger partial charge in [0.25, 0.3) is 5.91 Å². The minimum absolute atomic E-state index is 0.0439. The lowest BCUT2D eigenvalue weighted by molar-refractivity contribution is -0.122. The van der Waals surface area contributed by atoms with Gasteiger partial charge in [0.2, 0.25) is 5.91 Å². The van der Waals surface area contributed by atoms with E-state index in [2.05, 4.69) is 15.6 Å². The molecule has 6 nitrogen and oxygen atoms in total. The summed E-state index contributed by atoms with van der Waals surface area (Å²) in [5, 5.41) is 5.78. The Morgan fingerprint density at radius 2 is 1.81 bits per heavy atom. The third-order valence-corrected chi connectivity index (χ3v) is 4.81. The predicted octanol–water partition coefficient (Wildman–Crippen LogP) is 2.47. The van der Waals surface area contributed by atoms with Gasteiger partial charge in [-0.15, -0.1) is 0 Å². The third-order valence-electron chi connectivity index (χ3n) is 4.81. The molecule has 4 N–H and O–H groups in total. The van der Waals surface area contributed by atoms with Crippen molar-refractivity contribution in [3.8, 4) is 0 Å². The molecule has 1 aromatic heterocycles. The number of nitrogens with zero attached hydrogens (tertiary/aromatic N) is 1. The molecule has 136 valence electrons. The van der Waals surface area contributed by atoms with Gasteiger partial charge in [0.1, 0.15) is 0 Å². The van der Waals surface area contributed by atoms with Crippen LogP contribution < -0.4 is 16.4 Å². The van der Waals surface area contributed by atoms with Crippen LogP contribution in [0.1, 0.15) is 41.6 Å². The number of amides is 2. The number of nitrogens with one attached hydrogen (secondary N) is 2. The molecular formula is C20H24N4O2. The van der Waals surface area contributed by atoms with Crippen molar-refractivity contribution in [3.63, 3.8) is 0 Å². The van der Waals surface area contributed by atoms with Gasteiger partial charge >= 0.3 is 0 Å². The average Bonchev–Trinajstić information content (AvgIpc) is 3.06. The lowest BCUT2D eigenvalue weighted by atomic mass is 10.00. The smallest absolute Gasteiger partial charge is 0.255 e. The molecule has 0 unspecified atom stereocenters. The van der Waals surface area contributed by atoms with Crippen LogP contribution in [0.25, 0.3) is 0 Å². The van der Waals surface area contributed by atoms with E-state index in [0.717, 1.165) is 24.8 Å². The van der Waals surface area contributed by atoms with Crippen molar-refractivity contribution in [2.45, 2.75) is 38.3 Å². The summed E-state index contributed by atoms with van der Waals surface area (Å²) in [6.45, 7) is 0.472. The standard InChI is InChI=1S/C20H24N4O2/c21-18-3-1-2-16(18)12-19(25)23-13-14-4-6-17(7-5-14)24-20(26)15-8-10-22-11-9-15/h4-11,16,18H,1-3,12-13,21H2,(H,23,25)(H,24,26)/t16-,18+/m0/s1. The molecule has 1 heterocycles. The van der Waals surface area contributed by atoms with Crippen LogP contribution in [0.15, 0.2) is 48.8 Å². The Morgan fingerprint density at radius 3 is 2.46 bits per heavy atom. The van der Waals surface area contributed by atoms with Gasteiger partial charge in [-0.05, 0) is 48.6 Å². The highest BCUT2D eigenvalue weighted by Gasteiger charge is 2.25. The second-order valence-corrected chi connectivity index (χ2v) is 6.72. The Labute approximate surface area is 153 Å². The van der Waals surface area contributed by atoms with E-state index in [1.807, 2.05) is 24.3 Å². The summed E-state index contributed by atoms with van der Waals surface area (Å²) >= 11 is 0. The fraction of sp³-hybridized carbons (Fsp3) is 0.350. The van der Waals surface area contributed by atoms with E-state index < -0.39 is 0 Å². The van der Waals surface area contributed by atoms with Gasteiger partial charge in [-0.3, -0.25) is 14.6 Å². The van der Waals surface area contributed by atoms with E-state index in [1.54, 1.807) is 24.5 Å². The van der Waals surface area contributed by atoms with Crippen molar-refractivity contribution in [2.24, 2.45) is 11.7 Å². The van der Waals surface area contributed by atoms with E-state index in [9.17, 15) is 9.59 Å². The molecule has 1 fully saturated rings. The monoisotopic (exact) mass is 352 g/mol. The largest absolute Gasteiger partial charge is 0.352 e. The van der Waals surface area contributed by atoms with Crippen LogP contribution in [-0.2, 0) is 11.3 Å². The zero-order chi connectivity index (χ0) is 18.4. The molecule has 1 aliphatic rings. The molecule has 1 saturated carbocycles. The maximum atomic E-state index is 12.1. The number of hydrogen-bond acceptors (Lipinski definition) is 4. The molecule has 0 radical (unpaired) electrons. The third kappa shape index (κ3) is 4.89. The topological polar surface area (TPSA) is 97.1 Å². The van der Waals surface area contributed by atoms with Crippen LogP contribution in [0.2, 0.25) is 0 Å². The van der Waals surface area contributed by atoms with E-state index in [-0.39, 0.29) is 17.9 Å². The van der Waals surface area contributed by atoms with Gasteiger partial charge in [0.05, 0.1) is 0 Å². The van der Waals surface area contributed by atoms with Crippen molar-refractivity contribution < 1.29 is 9.59 Å². The van der Waals surface area contributed by atoms with E-state index >= 15 is 0 Å². The average molecular weight is 352 g/mol. The van der Waals surface area contributed by atoms with Gasteiger partial charge in [0.15, 0.2) is 0 Å². The van der Waals surface area contributed by atoms with Gasteiger partial charge in [-0.25, -0.2) is 0 Å². The van der Waals surface area contributed by atoms with Gasteiger partial charge in [-0.1, -0.05) is 18.6 Å². The highest BCUT2D eigenvalue weighted by Crippen LogP contribution is 2.26. The fourth-order valence-electron chi connectivity index (χ4n) is 3.24. The molecule has 2 aromatic rings. The second-order valence-electron chi connectivity index (χ2n) is 6.72. The fourth-order valence-corrected chi connectivity index (χ4v) is 3.24. The molecule has 2 atom stereocenters. The zero-order valence-electron chi connectivity index (χ0n) is 14.7. The molecule has 6 heteroatoms. The maximum absolute atomic E-state index is 12.1. The SMILES string of the molecule is N[C@@H]1CCC[C@H]1CC(=O)NCc1ccc(NC(=O)c2ccncc2)cc1. The zero-order valence-corrected chi connectivity index (χ0v) is 14.7. The summed E-state index contributed by atoms with van der Waals surface area (Å²) in [5.74, 6) is 0.171. The Balaban J connectivity index is 1.47. The van der Waals surface area contributed by atoms with E-state index in [4.69, 9.17) is 5.73 Å². The van der Waals surface area contributed by atoms with Crippen molar-refractivity contribution in [2.75, 3.05) is 5.32 Å². The lowest BCUT2D eigenvalue weighted by Gasteiger charge is -2.14. The number of carbonyl (C=O) groups excluding carboxylic acids is 2. The predicted molar refractivity (Wildman–Crippen MR) is 100 cm³/mol. The summed E-state index contributed by atoms with van der Waals surface area (Å²) in [4.78, 5) is 28.1. The molecule has 0 aliphatic heterocycles. The Bertz CT molecular complexity index is 746. The van der Waals surface area contributed by atoms with E-state index in [1.165, 1.54) is 0 Å². The first-order chi connectivity index (χ1) is 12.6. The second kappa shape index (κ2) is 8.58. The van der Waals surface area contributed by atoms with Crippen molar-refractivity contribution in [1.82, 2.24) is 10.3 Å². The first-order valence-electron chi connectivity index (χ1n) is 8.94. The molecule has 3 rings (SSSR count). The number of anilines is 1. The maximum Gasteiger partial charge on any atom is 0.255 e. The molecule has 1 aliphatic carbocycles. The molecule has 0 saturated heterocycles. The Kier molecular flexibility index (Phi) is 5.96. The van der Waals surface area contributed by atoms with Crippen LogP contribution in [0.5, 0.6) is 0 Å². The number of hydrogen-bond donors (Lipinski definition) is 3. The van der Waals surface area contributed by atoms with Crippen molar-refractivity contribution in [3.05, 3.63) is 59.9 Å². The molecule has 26 heavy (non-hydrogen) atoms. The van der Waals surface area contributed by atoms with Crippen LogP contribution in [0.4, 0.5) is 5.69 Å². The van der Waals surface area contributed by atoms with E-state index in [0.29, 0.717) is 30.1 Å². The first kappa shape index (κ1) is 18.1. The van der Waals surface area contributed by atoms with Crippen LogP contribution >= 0.6 is 0 Å². The van der Waals surface area contributed by atoms with Gasteiger partial charge in [0, 0.05) is 42.7 Å². The highest BCUT2D eigenvalue weighted by molar-refractivity contribution is 6.04. The highest BCUT2D eigenvalue weighted by atomic mass is 16.2. The summed E-state index contributed by atoms with van der Waals surface area (Å²) in [6, 6.07) is 10.9. The number of pyridine rings is 1. The van der Waals surface area contributed by atoms with Gasteiger partial charge < -0.3 is 16.4 Å². The number of benzene rings is 1.